The number of aliphatic hydroxyl groups is 1. The van der Waals surface area contributed by atoms with Crippen LogP contribution in [0.25, 0.3) is 0 Å². The first-order valence-corrected chi connectivity index (χ1v) is 9.14. The highest BCUT2D eigenvalue weighted by molar-refractivity contribution is 5.74. The first-order valence-electron chi connectivity index (χ1n) is 9.14. The Kier molecular flexibility index (Phi) is 5.91. The lowest BCUT2D eigenvalue weighted by atomic mass is 9.99. The Morgan fingerprint density at radius 3 is 2.19 bits per heavy atom. The highest BCUT2D eigenvalue weighted by atomic mass is 16.3. The number of aliphatic hydroxyl groups excluding tert-OH is 1. The van der Waals surface area contributed by atoms with Crippen LogP contribution < -0.4 is 5.43 Å². The van der Waals surface area contributed by atoms with Crippen LogP contribution in [0.15, 0.2) is 60.7 Å². The number of β-amino-alcohol motifs (C(OH)–C–C–N with tert-alkyl or cyclic N) is 1. The van der Waals surface area contributed by atoms with Gasteiger partial charge >= 0.3 is 6.03 Å². The van der Waals surface area contributed by atoms with Gasteiger partial charge in [0.2, 0.25) is 0 Å². The zero-order chi connectivity index (χ0) is 18.5. The molecule has 1 heterocycles. The van der Waals surface area contributed by atoms with Crippen LogP contribution in [0.5, 0.6) is 0 Å². The summed E-state index contributed by atoms with van der Waals surface area (Å²) in [5, 5.41) is 12.7. The number of carbonyl (C=O) groups is 1. The summed E-state index contributed by atoms with van der Waals surface area (Å²) < 4.78 is 0. The fraction of sp³-hybridized carbons (Fsp3) is 0.381. The second kappa shape index (κ2) is 8.34. The van der Waals surface area contributed by atoms with Gasteiger partial charge in [0.05, 0.1) is 12.1 Å². The molecular formula is C21H27N3O2. The molecule has 0 saturated carbocycles. The summed E-state index contributed by atoms with van der Waals surface area (Å²) in [5.74, 6) is 0. The molecule has 0 bridgehead atoms. The van der Waals surface area contributed by atoms with Crippen LogP contribution in [0.2, 0.25) is 0 Å². The minimum Gasteiger partial charge on any atom is -0.390 e. The van der Waals surface area contributed by atoms with E-state index in [0.29, 0.717) is 19.5 Å². The van der Waals surface area contributed by atoms with E-state index in [1.165, 1.54) is 0 Å². The molecule has 1 saturated heterocycles. The topological polar surface area (TPSA) is 55.8 Å². The van der Waals surface area contributed by atoms with Crippen LogP contribution in [-0.2, 0) is 13.0 Å². The Labute approximate surface area is 155 Å². The van der Waals surface area contributed by atoms with Crippen molar-refractivity contribution in [1.82, 2.24) is 15.3 Å². The Balaban J connectivity index is 1.89. The third-order valence-electron chi connectivity index (χ3n) is 4.84. The van der Waals surface area contributed by atoms with Gasteiger partial charge in [0.1, 0.15) is 0 Å². The van der Waals surface area contributed by atoms with Gasteiger partial charge in [-0.25, -0.2) is 9.80 Å². The maximum absolute atomic E-state index is 12.9. The van der Waals surface area contributed by atoms with Crippen molar-refractivity contribution in [3.63, 3.8) is 0 Å². The minimum absolute atomic E-state index is 0.114. The van der Waals surface area contributed by atoms with Crippen molar-refractivity contribution >= 4 is 6.03 Å². The van der Waals surface area contributed by atoms with Crippen LogP contribution in [0.4, 0.5) is 4.79 Å². The number of amides is 2. The van der Waals surface area contributed by atoms with Gasteiger partial charge in [-0.2, -0.15) is 0 Å². The molecule has 2 aromatic carbocycles. The second-order valence-electron chi connectivity index (χ2n) is 7.10. The molecule has 2 aromatic rings. The van der Waals surface area contributed by atoms with Gasteiger partial charge in [0, 0.05) is 19.1 Å². The quantitative estimate of drug-likeness (QED) is 0.869. The SMILES string of the molecule is CC(C)N1C[C@H](O)[C@H](Cc2ccccc2)N(Cc2ccccc2)C(=O)N1. The standard InChI is InChI=1S/C21H27N3O2/c1-16(2)24-15-20(25)19(13-17-9-5-3-6-10-17)23(21(26)22-24)14-18-11-7-4-8-12-18/h3-12,16,19-20,25H,13-15H2,1-2H3,(H,22,26)/t19-,20-/m0/s1. The number of carbonyl (C=O) groups excluding carboxylic acids is 1. The number of hydrogen-bond donors (Lipinski definition) is 2. The predicted octanol–water partition coefficient (Wildman–Crippen LogP) is 2.81. The zero-order valence-electron chi connectivity index (χ0n) is 15.4. The molecule has 1 fully saturated rings. The Morgan fingerprint density at radius 1 is 1.04 bits per heavy atom. The van der Waals surface area contributed by atoms with E-state index in [-0.39, 0.29) is 18.1 Å². The van der Waals surface area contributed by atoms with Crippen molar-refractivity contribution in [3.05, 3.63) is 71.8 Å². The highest BCUT2D eigenvalue weighted by Gasteiger charge is 2.36. The van der Waals surface area contributed by atoms with Gasteiger partial charge in [-0.15, -0.1) is 0 Å². The average Bonchev–Trinajstić information content (AvgIpc) is 2.75. The van der Waals surface area contributed by atoms with E-state index in [9.17, 15) is 9.90 Å². The first kappa shape index (κ1) is 18.4. The molecule has 0 radical (unpaired) electrons. The molecule has 138 valence electrons. The van der Waals surface area contributed by atoms with Crippen LogP contribution in [0.3, 0.4) is 0 Å². The monoisotopic (exact) mass is 353 g/mol. The summed E-state index contributed by atoms with van der Waals surface area (Å²) in [7, 11) is 0. The van der Waals surface area contributed by atoms with Crippen LogP contribution in [-0.4, -0.2) is 45.8 Å². The minimum atomic E-state index is -0.639. The summed E-state index contributed by atoms with van der Waals surface area (Å²) in [6.07, 6.45) is -0.0194. The van der Waals surface area contributed by atoms with Gasteiger partial charge in [-0.05, 0) is 31.4 Å². The fourth-order valence-corrected chi connectivity index (χ4v) is 3.33. The summed E-state index contributed by atoms with van der Waals surface area (Å²) in [6, 6.07) is 19.6. The molecule has 3 rings (SSSR count). The van der Waals surface area contributed by atoms with Crippen LogP contribution in [0, 0.1) is 0 Å². The third-order valence-corrected chi connectivity index (χ3v) is 4.84. The lowest BCUT2D eigenvalue weighted by Gasteiger charge is -2.32. The molecule has 2 atom stereocenters. The van der Waals surface area contributed by atoms with E-state index >= 15 is 0 Å². The molecule has 5 heteroatoms. The van der Waals surface area contributed by atoms with Crippen molar-refractivity contribution < 1.29 is 9.90 Å². The van der Waals surface area contributed by atoms with Crippen LogP contribution in [0.1, 0.15) is 25.0 Å². The molecule has 26 heavy (non-hydrogen) atoms. The van der Waals surface area contributed by atoms with E-state index in [4.69, 9.17) is 0 Å². The molecule has 5 nitrogen and oxygen atoms in total. The summed E-state index contributed by atoms with van der Waals surface area (Å²) in [5.41, 5.74) is 5.11. The fourth-order valence-electron chi connectivity index (χ4n) is 3.33. The van der Waals surface area contributed by atoms with E-state index in [1.807, 2.05) is 79.5 Å². The molecule has 0 unspecified atom stereocenters. The average molecular weight is 353 g/mol. The number of hydrogen-bond acceptors (Lipinski definition) is 3. The number of nitrogens with one attached hydrogen (secondary N) is 1. The molecular weight excluding hydrogens is 326 g/mol. The Bertz CT molecular complexity index is 706. The zero-order valence-corrected chi connectivity index (χ0v) is 15.4. The smallest absolute Gasteiger partial charge is 0.332 e. The molecule has 0 aromatic heterocycles. The van der Waals surface area contributed by atoms with Gasteiger partial charge in [0.15, 0.2) is 0 Å². The Morgan fingerprint density at radius 2 is 1.62 bits per heavy atom. The number of rotatable bonds is 5. The van der Waals surface area contributed by atoms with Crippen molar-refractivity contribution in [2.75, 3.05) is 6.54 Å². The lowest BCUT2D eigenvalue weighted by molar-refractivity contribution is 0.0484. The van der Waals surface area contributed by atoms with Gasteiger partial charge in [-0.1, -0.05) is 60.7 Å². The third kappa shape index (κ3) is 4.42. The second-order valence-corrected chi connectivity index (χ2v) is 7.10. The number of nitrogens with zero attached hydrogens (tertiary/aromatic N) is 2. The van der Waals surface area contributed by atoms with Gasteiger partial charge in [-0.3, -0.25) is 5.43 Å². The van der Waals surface area contributed by atoms with Crippen molar-refractivity contribution in [2.45, 2.75) is 45.0 Å². The number of benzene rings is 2. The normalized spacial score (nSPS) is 21.5. The Hall–Kier alpha value is -2.37. The van der Waals surface area contributed by atoms with E-state index in [1.54, 1.807) is 4.90 Å². The van der Waals surface area contributed by atoms with Crippen molar-refractivity contribution in [3.8, 4) is 0 Å². The van der Waals surface area contributed by atoms with Crippen molar-refractivity contribution in [1.29, 1.82) is 0 Å². The molecule has 2 N–H and O–H groups in total. The van der Waals surface area contributed by atoms with Gasteiger partial charge in [0.25, 0.3) is 0 Å². The first-order chi connectivity index (χ1) is 12.5. The van der Waals surface area contributed by atoms with E-state index in [2.05, 4.69) is 5.43 Å². The van der Waals surface area contributed by atoms with Crippen molar-refractivity contribution in [2.24, 2.45) is 0 Å². The molecule has 1 aliphatic rings. The van der Waals surface area contributed by atoms with E-state index < -0.39 is 6.10 Å². The van der Waals surface area contributed by atoms with Crippen LogP contribution >= 0.6 is 0 Å². The predicted molar refractivity (Wildman–Crippen MR) is 102 cm³/mol. The summed E-state index contributed by atoms with van der Waals surface area (Å²) in [6.45, 7) is 4.89. The summed E-state index contributed by atoms with van der Waals surface area (Å²) >= 11 is 0. The maximum atomic E-state index is 12.9. The van der Waals surface area contributed by atoms with Gasteiger partial charge < -0.3 is 10.0 Å². The molecule has 0 aliphatic carbocycles. The number of hydrazine groups is 1. The largest absolute Gasteiger partial charge is 0.390 e. The maximum Gasteiger partial charge on any atom is 0.332 e. The highest BCUT2D eigenvalue weighted by Crippen LogP contribution is 2.20. The molecule has 0 spiro atoms. The molecule has 1 aliphatic heterocycles. The summed E-state index contributed by atoms with van der Waals surface area (Å²) in [4.78, 5) is 14.7. The number of urea groups is 1. The van der Waals surface area contributed by atoms with E-state index in [0.717, 1.165) is 11.1 Å². The molecule has 2 amide bonds. The lowest BCUT2D eigenvalue weighted by Crippen LogP contribution is -2.50.